The van der Waals surface area contributed by atoms with Crippen molar-refractivity contribution in [2.24, 2.45) is 0 Å². The van der Waals surface area contributed by atoms with E-state index in [4.69, 9.17) is 21.1 Å². The molecule has 1 amide bonds. The number of para-hydroxylation sites is 1. The summed E-state index contributed by atoms with van der Waals surface area (Å²) in [6.07, 6.45) is 2.11. The van der Waals surface area contributed by atoms with E-state index in [0.717, 1.165) is 30.6 Å². The first-order valence-corrected chi connectivity index (χ1v) is 9.80. The van der Waals surface area contributed by atoms with Crippen LogP contribution in [0, 0.1) is 6.92 Å². The van der Waals surface area contributed by atoms with Gasteiger partial charge in [-0.3, -0.25) is 4.79 Å². The van der Waals surface area contributed by atoms with Gasteiger partial charge in [0.15, 0.2) is 6.10 Å². The third kappa shape index (κ3) is 6.79. The van der Waals surface area contributed by atoms with Crippen LogP contribution in [0.2, 0.25) is 5.02 Å². The molecule has 0 heterocycles. The van der Waals surface area contributed by atoms with Crippen LogP contribution >= 0.6 is 11.6 Å². The molecule has 1 N–H and O–H groups in total. The summed E-state index contributed by atoms with van der Waals surface area (Å²) in [5, 5.41) is 3.61. The molecule has 4 nitrogen and oxygen atoms in total. The van der Waals surface area contributed by atoms with Crippen molar-refractivity contribution in [2.45, 2.75) is 46.1 Å². The lowest BCUT2D eigenvalue weighted by Gasteiger charge is -2.15. The van der Waals surface area contributed by atoms with Crippen molar-refractivity contribution in [1.82, 2.24) is 5.32 Å². The second kappa shape index (κ2) is 10.8. The number of halogens is 1. The molecule has 2 aromatic carbocycles. The molecule has 0 radical (unpaired) electrons. The minimum absolute atomic E-state index is 0.127. The van der Waals surface area contributed by atoms with E-state index in [2.05, 4.69) is 18.3 Å². The van der Waals surface area contributed by atoms with E-state index in [1.165, 1.54) is 5.56 Å². The average Bonchev–Trinajstić information content (AvgIpc) is 2.67. The molecular formula is C22H28ClNO3. The molecule has 27 heavy (non-hydrogen) atoms. The van der Waals surface area contributed by atoms with E-state index in [9.17, 15) is 4.79 Å². The van der Waals surface area contributed by atoms with Crippen molar-refractivity contribution in [3.8, 4) is 11.5 Å². The lowest BCUT2D eigenvalue weighted by Crippen LogP contribution is -2.36. The summed E-state index contributed by atoms with van der Waals surface area (Å²) in [7, 11) is 0. The maximum atomic E-state index is 12.2. The van der Waals surface area contributed by atoms with Crippen LogP contribution in [-0.4, -0.2) is 25.2 Å². The van der Waals surface area contributed by atoms with Crippen LogP contribution in [0.25, 0.3) is 0 Å². The number of ether oxygens (including phenoxy) is 2. The summed E-state index contributed by atoms with van der Waals surface area (Å²) in [6.45, 7) is 7.04. The smallest absolute Gasteiger partial charge is 0.260 e. The zero-order valence-electron chi connectivity index (χ0n) is 16.3. The fourth-order valence-electron chi connectivity index (χ4n) is 2.65. The highest BCUT2D eigenvalue weighted by atomic mass is 35.5. The first-order chi connectivity index (χ1) is 13.0. The van der Waals surface area contributed by atoms with Gasteiger partial charge in [-0.2, -0.15) is 0 Å². The highest BCUT2D eigenvalue weighted by Crippen LogP contribution is 2.22. The van der Waals surface area contributed by atoms with Crippen molar-refractivity contribution in [3.63, 3.8) is 0 Å². The van der Waals surface area contributed by atoms with Gasteiger partial charge in [-0.1, -0.05) is 36.7 Å². The van der Waals surface area contributed by atoms with Crippen LogP contribution in [0.3, 0.4) is 0 Å². The highest BCUT2D eigenvalue weighted by molar-refractivity contribution is 6.31. The van der Waals surface area contributed by atoms with Crippen LogP contribution in [0.5, 0.6) is 11.5 Å². The molecule has 2 rings (SSSR count). The Morgan fingerprint density at radius 3 is 2.74 bits per heavy atom. The largest absolute Gasteiger partial charge is 0.493 e. The molecule has 2 aromatic rings. The number of rotatable bonds is 10. The normalized spacial score (nSPS) is 11.7. The Kier molecular flexibility index (Phi) is 8.46. The van der Waals surface area contributed by atoms with E-state index in [0.29, 0.717) is 23.9 Å². The van der Waals surface area contributed by atoms with Gasteiger partial charge < -0.3 is 14.8 Å². The van der Waals surface area contributed by atoms with E-state index in [-0.39, 0.29) is 5.91 Å². The SMILES string of the molecule is CCCOc1ccccc1CCCNC(=O)[C@H](C)Oc1ccc(Cl)c(C)c1. The molecule has 0 aromatic heterocycles. The number of hydrogen-bond donors (Lipinski definition) is 1. The monoisotopic (exact) mass is 389 g/mol. The van der Waals surface area contributed by atoms with Gasteiger partial charge in [0.2, 0.25) is 0 Å². The second-order valence-electron chi connectivity index (χ2n) is 6.52. The maximum absolute atomic E-state index is 12.2. The van der Waals surface area contributed by atoms with Crippen molar-refractivity contribution in [2.75, 3.05) is 13.2 Å². The number of carbonyl (C=O) groups is 1. The number of amides is 1. The molecule has 146 valence electrons. The number of nitrogens with one attached hydrogen (secondary N) is 1. The Labute approximate surface area is 166 Å². The van der Waals surface area contributed by atoms with Gasteiger partial charge in [0.1, 0.15) is 11.5 Å². The number of benzene rings is 2. The van der Waals surface area contributed by atoms with E-state index in [1.54, 1.807) is 19.1 Å². The molecule has 0 saturated carbocycles. The number of hydrogen-bond acceptors (Lipinski definition) is 3. The number of aryl methyl sites for hydroxylation is 2. The van der Waals surface area contributed by atoms with Crippen LogP contribution in [0.1, 0.15) is 37.8 Å². The zero-order chi connectivity index (χ0) is 19.6. The molecule has 0 aliphatic carbocycles. The molecule has 0 saturated heterocycles. The summed E-state index contributed by atoms with van der Waals surface area (Å²) < 4.78 is 11.5. The van der Waals surface area contributed by atoms with Crippen molar-refractivity contribution >= 4 is 17.5 Å². The highest BCUT2D eigenvalue weighted by Gasteiger charge is 2.14. The Hall–Kier alpha value is -2.20. The zero-order valence-corrected chi connectivity index (χ0v) is 17.0. The summed E-state index contributed by atoms with van der Waals surface area (Å²) in [4.78, 5) is 12.2. The molecule has 0 unspecified atom stereocenters. The van der Waals surface area contributed by atoms with Crippen molar-refractivity contribution in [3.05, 3.63) is 58.6 Å². The Bertz CT molecular complexity index is 748. The van der Waals surface area contributed by atoms with Gasteiger partial charge in [0.25, 0.3) is 5.91 Å². The fourth-order valence-corrected chi connectivity index (χ4v) is 2.76. The molecule has 0 fully saturated rings. The minimum atomic E-state index is -0.564. The topological polar surface area (TPSA) is 47.6 Å². The summed E-state index contributed by atoms with van der Waals surface area (Å²) >= 11 is 6.01. The van der Waals surface area contributed by atoms with Gasteiger partial charge in [-0.15, -0.1) is 0 Å². The van der Waals surface area contributed by atoms with E-state index < -0.39 is 6.10 Å². The van der Waals surface area contributed by atoms with Gasteiger partial charge in [-0.25, -0.2) is 0 Å². The predicted octanol–water partition coefficient (Wildman–Crippen LogP) is 4.95. The summed E-state index contributed by atoms with van der Waals surface area (Å²) in [5.41, 5.74) is 2.09. The third-order valence-electron chi connectivity index (χ3n) is 4.17. The minimum Gasteiger partial charge on any atom is -0.493 e. The first-order valence-electron chi connectivity index (χ1n) is 9.42. The molecule has 5 heteroatoms. The van der Waals surface area contributed by atoms with Gasteiger partial charge >= 0.3 is 0 Å². The molecule has 0 aliphatic rings. The van der Waals surface area contributed by atoms with Gasteiger partial charge in [-0.05, 0) is 68.5 Å². The summed E-state index contributed by atoms with van der Waals surface area (Å²) in [6, 6.07) is 13.4. The van der Waals surface area contributed by atoms with Gasteiger partial charge in [0.05, 0.1) is 6.61 Å². The maximum Gasteiger partial charge on any atom is 0.260 e. The predicted molar refractivity (Wildman–Crippen MR) is 110 cm³/mol. The molecule has 0 spiro atoms. The lowest BCUT2D eigenvalue weighted by atomic mass is 10.1. The summed E-state index contributed by atoms with van der Waals surface area (Å²) in [5.74, 6) is 1.44. The average molecular weight is 390 g/mol. The standard InChI is InChI=1S/C22H28ClNO3/c1-4-14-26-21-10-6-5-8-18(21)9-7-13-24-22(25)17(3)27-19-11-12-20(23)16(2)15-19/h5-6,8,10-12,15,17H,4,7,9,13-14H2,1-3H3,(H,24,25)/t17-/m0/s1. The van der Waals surface area contributed by atoms with Crippen LogP contribution in [-0.2, 0) is 11.2 Å². The van der Waals surface area contributed by atoms with Crippen LogP contribution < -0.4 is 14.8 Å². The Balaban J connectivity index is 1.76. The third-order valence-corrected chi connectivity index (χ3v) is 4.59. The fraction of sp³-hybridized carbons (Fsp3) is 0.409. The quantitative estimate of drug-likeness (QED) is 0.584. The van der Waals surface area contributed by atoms with Crippen LogP contribution in [0.4, 0.5) is 0 Å². The molecular weight excluding hydrogens is 362 g/mol. The van der Waals surface area contributed by atoms with E-state index in [1.807, 2.05) is 31.2 Å². The van der Waals surface area contributed by atoms with Crippen molar-refractivity contribution < 1.29 is 14.3 Å². The number of carbonyl (C=O) groups excluding carboxylic acids is 1. The van der Waals surface area contributed by atoms with Crippen LogP contribution in [0.15, 0.2) is 42.5 Å². The molecule has 0 bridgehead atoms. The molecule has 1 atom stereocenters. The van der Waals surface area contributed by atoms with Gasteiger partial charge in [0, 0.05) is 11.6 Å². The first kappa shape index (κ1) is 21.1. The Morgan fingerprint density at radius 2 is 2.00 bits per heavy atom. The second-order valence-corrected chi connectivity index (χ2v) is 6.93. The Morgan fingerprint density at radius 1 is 1.22 bits per heavy atom. The lowest BCUT2D eigenvalue weighted by molar-refractivity contribution is -0.127. The van der Waals surface area contributed by atoms with Crippen molar-refractivity contribution in [1.29, 1.82) is 0 Å². The van der Waals surface area contributed by atoms with E-state index >= 15 is 0 Å². The molecule has 0 aliphatic heterocycles.